The van der Waals surface area contributed by atoms with Crippen LogP contribution in [-0.4, -0.2) is 80.8 Å². The fourth-order valence-electron chi connectivity index (χ4n) is 7.81. The lowest BCUT2D eigenvalue weighted by molar-refractivity contribution is -0.136. The molecule has 5 N–H and O–H groups in total. The van der Waals surface area contributed by atoms with Gasteiger partial charge in [0.25, 0.3) is 11.8 Å². The summed E-state index contributed by atoms with van der Waals surface area (Å²) in [5.74, 6) is -0.929. The second-order valence-corrected chi connectivity index (χ2v) is 14.5. The van der Waals surface area contributed by atoms with Crippen molar-refractivity contribution in [1.29, 1.82) is 0 Å². The summed E-state index contributed by atoms with van der Waals surface area (Å²) in [4.78, 5) is 68.6. The maximum Gasteiger partial charge on any atom is 0.262 e. The fraction of sp³-hybridized carbons (Fsp3) is 0.425. The highest BCUT2D eigenvalue weighted by Crippen LogP contribution is 2.31. The molecule has 2 saturated heterocycles. The highest BCUT2D eigenvalue weighted by molar-refractivity contribution is 6.23. The van der Waals surface area contributed by atoms with E-state index in [0.717, 1.165) is 78.8 Å². The number of carbonyl (C=O) groups excluding carboxylic acids is 5. The number of nitrogens with one attached hydrogen (secondary N) is 3. The molecule has 8 rings (SSSR count). The predicted octanol–water partition coefficient (Wildman–Crippen LogP) is 4.55. The van der Waals surface area contributed by atoms with Gasteiger partial charge in [-0.15, -0.1) is 0 Å². The van der Waals surface area contributed by atoms with E-state index in [0.29, 0.717) is 17.5 Å². The van der Waals surface area contributed by atoms with Crippen LogP contribution >= 0.6 is 0 Å². The van der Waals surface area contributed by atoms with Crippen LogP contribution in [0.5, 0.6) is 0 Å². The molecule has 1 saturated carbocycles. The van der Waals surface area contributed by atoms with Gasteiger partial charge in [0.05, 0.1) is 17.3 Å². The molecule has 0 bridgehead atoms. The molecule has 5 heterocycles. The lowest BCUT2D eigenvalue weighted by Gasteiger charge is -2.34. The van der Waals surface area contributed by atoms with Gasteiger partial charge in [0, 0.05) is 66.9 Å². The normalized spacial score (nSPS) is 19.1. The third kappa shape index (κ3) is 7.92. The zero-order valence-electron chi connectivity index (χ0n) is 30.6. The molecule has 4 aromatic rings. The van der Waals surface area contributed by atoms with Crippen molar-refractivity contribution in [2.24, 2.45) is 11.7 Å². The predicted molar refractivity (Wildman–Crippen MR) is 204 cm³/mol. The summed E-state index contributed by atoms with van der Waals surface area (Å²) >= 11 is 0. The number of anilines is 3. The van der Waals surface area contributed by atoms with Crippen molar-refractivity contribution in [2.75, 3.05) is 35.2 Å². The Morgan fingerprint density at radius 3 is 2.35 bits per heavy atom. The number of piperidine rings is 2. The van der Waals surface area contributed by atoms with Crippen LogP contribution in [0, 0.1) is 5.92 Å². The number of primary amides is 1. The van der Waals surface area contributed by atoms with Gasteiger partial charge in [0.1, 0.15) is 11.9 Å². The van der Waals surface area contributed by atoms with E-state index < -0.39 is 35.6 Å². The first-order chi connectivity index (χ1) is 26.2. The van der Waals surface area contributed by atoms with Gasteiger partial charge in [-0.1, -0.05) is 26.2 Å². The third-order valence-electron chi connectivity index (χ3n) is 10.8. The van der Waals surface area contributed by atoms with Crippen molar-refractivity contribution < 1.29 is 24.0 Å². The minimum Gasteiger partial charge on any atom is -0.385 e. The summed E-state index contributed by atoms with van der Waals surface area (Å²) in [6.45, 7) is 4.69. The minimum atomic E-state index is -0.969. The molecule has 4 aliphatic rings. The van der Waals surface area contributed by atoms with E-state index in [9.17, 15) is 24.0 Å². The molecule has 2 aromatic carbocycles. The van der Waals surface area contributed by atoms with Crippen molar-refractivity contribution in [2.45, 2.75) is 83.2 Å². The SMILES string of the molecule is CCCc1cc(NC2CCCC2)n2nccc2n1.NC(=O)c1ccc(N2CCC(CNc3ccc4c(c3)C(=O)N(C3CCC(=O)NC3=O)C4=O)CC2)cc1. The van der Waals surface area contributed by atoms with Crippen LogP contribution in [0.2, 0.25) is 0 Å². The first-order valence-electron chi connectivity index (χ1n) is 19.0. The maximum atomic E-state index is 13.0. The lowest BCUT2D eigenvalue weighted by atomic mass is 9.96. The van der Waals surface area contributed by atoms with Crippen LogP contribution in [0.4, 0.5) is 17.2 Å². The van der Waals surface area contributed by atoms with Crippen LogP contribution in [-0.2, 0) is 16.0 Å². The van der Waals surface area contributed by atoms with Gasteiger partial charge in [0.15, 0.2) is 5.65 Å². The highest BCUT2D eigenvalue weighted by atomic mass is 16.2. The molecular weight excluding hydrogens is 686 g/mol. The van der Waals surface area contributed by atoms with Gasteiger partial charge in [-0.2, -0.15) is 9.61 Å². The number of nitrogens with zero attached hydrogens (tertiary/aromatic N) is 5. The number of carbonyl (C=O) groups is 5. The molecular formula is C40H47N9O5. The van der Waals surface area contributed by atoms with Crippen LogP contribution in [0.1, 0.15) is 101 Å². The Kier molecular flexibility index (Phi) is 10.9. The maximum absolute atomic E-state index is 13.0. The summed E-state index contributed by atoms with van der Waals surface area (Å²) < 4.78 is 1.91. The number of amides is 5. The van der Waals surface area contributed by atoms with Gasteiger partial charge < -0.3 is 21.3 Å². The average Bonchev–Trinajstić information content (AvgIpc) is 3.93. The van der Waals surface area contributed by atoms with E-state index in [1.54, 1.807) is 30.3 Å². The van der Waals surface area contributed by atoms with E-state index in [2.05, 4.69) is 43.9 Å². The number of rotatable bonds is 10. The van der Waals surface area contributed by atoms with Gasteiger partial charge in [0.2, 0.25) is 17.7 Å². The summed E-state index contributed by atoms with van der Waals surface area (Å²) in [6, 6.07) is 16.1. The number of nitrogens with two attached hydrogens (primary N) is 1. The molecule has 14 nitrogen and oxygen atoms in total. The highest BCUT2D eigenvalue weighted by Gasteiger charge is 2.44. The quantitative estimate of drug-likeness (QED) is 0.169. The molecule has 1 atom stereocenters. The van der Waals surface area contributed by atoms with Crippen molar-refractivity contribution in [3.8, 4) is 0 Å². The molecule has 3 fully saturated rings. The molecule has 14 heteroatoms. The number of imide groups is 2. The molecule has 0 spiro atoms. The summed E-state index contributed by atoms with van der Waals surface area (Å²) in [5, 5.41) is 13.6. The molecule has 0 radical (unpaired) electrons. The summed E-state index contributed by atoms with van der Waals surface area (Å²) in [6.07, 6.45) is 11.4. The standard InChI is InChI=1S/C26H27N5O5.C14H20N4/c27-23(33)16-1-4-18(5-2-16)30-11-9-15(10-12-30)14-28-17-3-6-19-20(13-17)26(36)31(25(19)35)21-7-8-22(32)29-24(21)34;1-2-5-12-10-14(16-11-6-3-4-7-11)18-13(17-12)8-9-15-18/h1-6,13,15,21,28H,7-12,14H2,(H2,27,33)(H,29,32,34);8-11,16H,2-7H2,1H3. The molecule has 1 unspecified atom stereocenters. The van der Waals surface area contributed by atoms with E-state index in [4.69, 9.17) is 5.73 Å². The van der Waals surface area contributed by atoms with Crippen LogP contribution in [0.25, 0.3) is 5.65 Å². The van der Waals surface area contributed by atoms with Crippen LogP contribution in [0.3, 0.4) is 0 Å². The lowest BCUT2D eigenvalue weighted by Crippen LogP contribution is -2.54. The Hall–Kier alpha value is -5.79. The Bertz CT molecular complexity index is 2050. The van der Waals surface area contributed by atoms with Gasteiger partial charge in [-0.05, 0) is 86.9 Å². The number of aromatic nitrogens is 3. The fourth-order valence-corrected chi connectivity index (χ4v) is 7.81. The largest absolute Gasteiger partial charge is 0.385 e. The van der Waals surface area contributed by atoms with Crippen molar-refractivity contribution in [1.82, 2.24) is 24.8 Å². The minimum absolute atomic E-state index is 0.0914. The Labute approximate surface area is 313 Å². The van der Waals surface area contributed by atoms with Crippen molar-refractivity contribution >= 4 is 52.4 Å². The van der Waals surface area contributed by atoms with Crippen molar-refractivity contribution in [3.63, 3.8) is 0 Å². The molecule has 5 amide bonds. The number of hydrogen-bond donors (Lipinski definition) is 4. The molecule has 2 aromatic heterocycles. The van der Waals surface area contributed by atoms with Crippen molar-refractivity contribution in [3.05, 3.63) is 83.2 Å². The molecule has 282 valence electrons. The Morgan fingerprint density at radius 2 is 1.65 bits per heavy atom. The zero-order chi connectivity index (χ0) is 37.8. The molecule has 54 heavy (non-hydrogen) atoms. The monoisotopic (exact) mass is 733 g/mol. The average molecular weight is 734 g/mol. The number of benzene rings is 2. The topological polar surface area (TPSA) is 184 Å². The first kappa shape index (κ1) is 36.6. The second-order valence-electron chi connectivity index (χ2n) is 14.5. The number of aryl methyl sites for hydroxylation is 1. The molecule has 3 aliphatic heterocycles. The summed E-state index contributed by atoms with van der Waals surface area (Å²) in [7, 11) is 0. The summed E-state index contributed by atoms with van der Waals surface area (Å²) in [5.41, 5.74) is 10.3. The van der Waals surface area contributed by atoms with Crippen LogP contribution < -0.4 is 26.6 Å². The third-order valence-corrected chi connectivity index (χ3v) is 10.8. The number of fused-ring (bicyclic) bond motifs is 2. The first-order valence-corrected chi connectivity index (χ1v) is 19.0. The van der Waals surface area contributed by atoms with Gasteiger partial charge in [-0.3, -0.25) is 34.2 Å². The van der Waals surface area contributed by atoms with E-state index in [1.807, 2.05) is 28.9 Å². The molecule has 1 aliphatic carbocycles. The van der Waals surface area contributed by atoms with Gasteiger partial charge >= 0.3 is 0 Å². The van der Waals surface area contributed by atoms with E-state index in [-0.39, 0.29) is 24.0 Å². The number of hydrogen-bond acceptors (Lipinski definition) is 10. The Balaban J connectivity index is 0.000000208. The van der Waals surface area contributed by atoms with Crippen LogP contribution in [0.15, 0.2) is 60.8 Å². The Morgan fingerprint density at radius 1 is 0.907 bits per heavy atom. The van der Waals surface area contributed by atoms with Gasteiger partial charge in [-0.25, -0.2) is 4.98 Å². The second kappa shape index (κ2) is 16.1. The van der Waals surface area contributed by atoms with E-state index >= 15 is 0 Å². The van der Waals surface area contributed by atoms with E-state index in [1.165, 1.54) is 25.7 Å². The zero-order valence-corrected chi connectivity index (χ0v) is 30.6. The smallest absolute Gasteiger partial charge is 0.262 e.